The van der Waals surface area contributed by atoms with Crippen molar-refractivity contribution in [2.45, 2.75) is 102 Å². The van der Waals surface area contributed by atoms with Crippen LogP contribution in [0.15, 0.2) is 30.3 Å². The Balaban J connectivity index is 1.66. The summed E-state index contributed by atoms with van der Waals surface area (Å²) >= 11 is 0. The molecular weight excluding hydrogens is 357 g/mol. The van der Waals surface area contributed by atoms with Gasteiger partial charge in [-0.15, -0.1) is 0 Å². The van der Waals surface area contributed by atoms with Gasteiger partial charge in [0.05, 0.1) is 0 Å². The van der Waals surface area contributed by atoms with Crippen LogP contribution in [0.25, 0.3) is 6.08 Å². The largest absolute Gasteiger partial charge is 0.389 e. The van der Waals surface area contributed by atoms with Crippen molar-refractivity contribution in [1.82, 2.24) is 0 Å². The second kappa shape index (κ2) is 12.3. The Morgan fingerprint density at radius 1 is 0.893 bits per heavy atom. The van der Waals surface area contributed by atoms with Gasteiger partial charge in [-0.05, 0) is 55.1 Å². The van der Waals surface area contributed by atoms with Gasteiger partial charge in [0.15, 0.2) is 0 Å². The summed E-state index contributed by atoms with van der Waals surface area (Å²) in [6.45, 7) is 2.27. The van der Waals surface area contributed by atoms with Crippen LogP contribution in [0.5, 0.6) is 0 Å². The highest BCUT2D eigenvalue weighted by atomic mass is 19.4. The summed E-state index contributed by atoms with van der Waals surface area (Å²) in [4.78, 5) is 0. The van der Waals surface area contributed by atoms with Crippen molar-refractivity contribution in [3.63, 3.8) is 0 Å². The van der Waals surface area contributed by atoms with Gasteiger partial charge in [-0.25, -0.2) is 0 Å². The Morgan fingerprint density at radius 3 is 2.18 bits per heavy atom. The summed E-state index contributed by atoms with van der Waals surface area (Å²) in [5, 5.41) is 0. The molecule has 1 aromatic carbocycles. The van der Waals surface area contributed by atoms with Crippen molar-refractivity contribution in [3.05, 3.63) is 41.5 Å². The smallest absolute Gasteiger partial charge is 0.171 e. The molecule has 3 heteroatoms. The van der Waals surface area contributed by atoms with Crippen LogP contribution < -0.4 is 0 Å². The first-order chi connectivity index (χ1) is 13.5. The Labute approximate surface area is 169 Å². The second-order valence-electron chi connectivity index (χ2n) is 8.50. The lowest BCUT2D eigenvalue weighted by atomic mass is 9.77. The highest BCUT2D eigenvalue weighted by molar-refractivity contribution is 5.49. The molecule has 1 aliphatic carbocycles. The lowest BCUT2D eigenvalue weighted by Crippen LogP contribution is -2.13. The molecule has 1 fully saturated rings. The SMILES string of the molecule is CCCCCCCCC1CCC(c2ccc(/C=C/CCC(F)(F)F)cc2)CC1. The maximum atomic E-state index is 12.2. The molecule has 0 aromatic heterocycles. The number of allylic oxidation sites excluding steroid dienone is 1. The monoisotopic (exact) mass is 394 g/mol. The van der Waals surface area contributed by atoms with Crippen molar-refractivity contribution >= 4 is 6.08 Å². The number of benzene rings is 1. The van der Waals surface area contributed by atoms with Crippen molar-refractivity contribution in [2.75, 3.05) is 0 Å². The Kier molecular flexibility index (Phi) is 10.2. The molecule has 0 atom stereocenters. The zero-order valence-corrected chi connectivity index (χ0v) is 17.4. The molecule has 0 radical (unpaired) electrons. The Hall–Kier alpha value is -1.25. The van der Waals surface area contributed by atoms with Crippen molar-refractivity contribution < 1.29 is 13.2 Å². The van der Waals surface area contributed by atoms with Crippen LogP contribution in [-0.4, -0.2) is 6.18 Å². The van der Waals surface area contributed by atoms with Gasteiger partial charge in [-0.2, -0.15) is 13.2 Å². The normalized spacial score (nSPS) is 20.7. The molecule has 0 nitrogen and oxygen atoms in total. The third kappa shape index (κ3) is 9.30. The average molecular weight is 395 g/mol. The molecule has 0 N–H and O–H groups in total. The molecule has 0 aliphatic heterocycles. The summed E-state index contributed by atoms with van der Waals surface area (Å²) in [5.74, 6) is 1.57. The minimum Gasteiger partial charge on any atom is -0.171 e. The zero-order chi connectivity index (χ0) is 20.2. The van der Waals surface area contributed by atoms with E-state index in [9.17, 15) is 13.2 Å². The quantitative estimate of drug-likeness (QED) is 0.328. The molecule has 2 rings (SSSR count). The molecule has 0 unspecified atom stereocenters. The number of hydrogen-bond donors (Lipinski definition) is 0. The molecule has 0 heterocycles. The van der Waals surface area contributed by atoms with E-state index in [1.54, 1.807) is 12.2 Å². The van der Waals surface area contributed by atoms with Crippen molar-refractivity contribution in [1.29, 1.82) is 0 Å². The topological polar surface area (TPSA) is 0 Å². The third-order valence-corrected chi connectivity index (χ3v) is 6.13. The van der Waals surface area contributed by atoms with Crippen molar-refractivity contribution in [3.8, 4) is 0 Å². The minimum absolute atomic E-state index is 0.0495. The molecule has 0 saturated heterocycles. The average Bonchev–Trinajstić information content (AvgIpc) is 2.68. The molecule has 1 saturated carbocycles. The van der Waals surface area contributed by atoms with E-state index >= 15 is 0 Å². The van der Waals surface area contributed by atoms with Crippen LogP contribution >= 0.6 is 0 Å². The van der Waals surface area contributed by atoms with Crippen LogP contribution in [0.3, 0.4) is 0 Å². The number of hydrogen-bond acceptors (Lipinski definition) is 0. The molecule has 0 amide bonds. The number of rotatable bonds is 11. The van der Waals surface area contributed by atoms with Gasteiger partial charge in [-0.1, -0.05) is 88.3 Å². The summed E-state index contributed by atoms with van der Waals surface area (Å²) in [6.07, 6.45) is 13.6. The van der Waals surface area contributed by atoms with Crippen molar-refractivity contribution in [2.24, 2.45) is 5.92 Å². The molecule has 1 aromatic rings. The van der Waals surface area contributed by atoms with Gasteiger partial charge in [0.25, 0.3) is 0 Å². The molecule has 0 bridgehead atoms. The van der Waals surface area contributed by atoms with E-state index in [1.165, 1.54) is 76.2 Å². The van der Waals surface area contributed by atoms with Gasteiger partial charge in [-0.3, -0.25) is 0 Å². The first-order valence-electron chi connectivity index (χ1n) is 11.3. The summed E-state index contributed by atoms with van der Waals surface area (Å²) in [5.41, 5.74) is 2.38. The second-order valence-corrected chi connectivity index (χ2v) is 8.50. The minimum atomic E-state index is -4.07. The maximum Gasteiger partial charge on any atom is 0.389 e. The molecule has 0 spiro atoms. The predicted octanol–water partition coefficient (Wildman–Crippen LogP) is 9.07. The number of unbranched alkanes of at least 4 members (excludes halogenated alkanes) is 5. The third-order valence-electron chi connectivity index (χ3n) is 6.13. The van der Waals surface area contributed by atoms with E-state index in [4.69, 9.17) is 0 Å². The van der Waals surface area contributed by atoms with Crippen LogP contribution in [0.4, 0.5) is 13.2 Å². The van der Waals surface area contributed by atoms with Gasteiger partial charge in [0.1, 0.15) is 0 Å². The van der Waals surface area contributed by atoms with Crippen LogP contribution in [0.1, 0.15) is 107 Å². The zero-order valence-electron chi connectivity index (χ0n) is 17.4. The summed E-state index contributed by atoms with van der Waals surface area (Å²) < 4.78 is 36.5. The van der Waals surface area contributed by atoms with Crippen LogP contribution in [0, 0.1) is 5.92 Å². The standard InChI is InChI=1S/C25H37F3/c1-2-3-4-5-6-7-10-21-12-16-23(17-13-21)24-18-14-22(15-19-24)11-8-9-20-25(26,27)28/h8,11,14-15,18-19,21,23H,2-7,9-10,12-13,16-17,20H2,1H3/b11-8+. The number of halogens is 3. The van der Waals surface area contributed by atoms with Gasteiger partial charge < -0.3 is 0 Å². The lowest BCUT2D eigenvalue weighted by molar-refractivity contribution is -0.133. The Morgan fingerprint density at radius 2 is 1.54 bits per heavy atom. The summed E-state index contributed by atoms with van der Waals surface area (Å²) in [6, 6.07) is 8.42. The van der Waals surface area contributed by atoms with Crippen LogP contribution in [-0.2, 0) is 0 Å². The van der Waals surface area contributed by atoms with Gasteiger partial charge in [0.2, 0.25) is 0 Å². The fourth-order valence-corrected chi connectivity index (χ4v) is 4.34. The fraction of sp³-hybridized carbons (Fsp3) is 0.680. The van der Waals surface area contributed by atoms with E-state index < -0.39 is 12.6 Å². The van der Waals surface area contributed by atoms with Crippen LogP contribution in [0.2, 0.25) is 0 Å². The van der Waals surface area contributed by atoms with E-state index in [0.717, 1.165) is 11.5 Å². The van der Waals surface area contributed by atoms with E-state index in [1.807, 2.05) is 12.1 Å². The van der Waals surface area contributed by atoms with Gasteiger partial charge >= 0.3 is 6.18 Å². The molecular formula is C25H37F3. The molecule has 1 aliphatic rings. The first kappa shape index (κ1) is 23.0. The van der Waals surface area contributed by atoms with E-state index in [0.29, 0.717) is 5.92 Å². The van der Waals surface area contributed by atoms with E-state index in [2.05, 4.69) is 19.1 Å². The molecule has 158 valence electrons. The lowest BCUT2D eigenvalue weighted by Gasteiger charge is -2.29. The van der Waals surface area contributed by atoms with Gasteiger partial charge in [0, 0.05) is 6.42 Å². The first-order valence-corrected chi connectivity index (χ1v) is 11.3. The summed E-state index contributed by atoms with van der Waals surface area (Å²) in [7, 11) is 0. The molecule has 28 heavy (non-hydrogen) atoms. The Bertz CT molecular complexity index is 548. The fourth-order valence-electron chi connectivity index (χ4n) is 4.34. The highest BCUT2D eigenvalue weighted by Crippen LogP contribution is 2.37. The van der Waals surface area contributed by atoms with E-state index in [-0.39, 0.29) is 6.42 Å². The number of alkyl halides is 3. The highest BCUT2D eigenvalue weighted by Gasteiger charge is 2.25. The maximum absolute atomic E-state index is 12.2. The predicted molar refractivity (Wildman–Crippen MR) is 113 cm³/mol.